The van der Waals surface area contributed by atoms with E-state index in [9.17, 15) is 4.79 Å². The van der Waals surface area contributed by atoms with Gasteiger partial charge in [0.2, 0.25) is 5.76 Å². The molecule has 0 aliphatic heterocycles. The Labute approximate surface area is 101 Å². The maximum atomic E-state index is 10.7. The summed E-state index contributed by atoms with van der Waals surface area (Å²) < 4.78 is 6.85. The van der Waals surface area contributed by atoms with Gasteiger partial charge in [-0.1, -0.05) is 17.3 Å². The number of para-hydroxylation sites is 1. The zero-order valence-corrected chi connectivity index (χ0v) is 9.28. The monoisotopic (exact) mass is 243 g/mol. The largest absolute Gasteiger partial charge is 0.475 e. The number of carbonyl (C=O) groups is 1. The molecule has 0 amide bonds. The van der Waals surface area contributed by atoms with Gasteiger partial charge in [0.15, 0.2) is 0 Å². The van der Waals surface area contributed by atoms with E-state index in [1.807, 2.05) is 24.3 Å². The molecule has 0 saturated carbocycles. The highest BCUT2D eigenvalue weighted by atomic mass is 16.4. The SMILES string of the molecule is O=C(O)c1ccc(Cn2nnc3ccccc32)o1. The average molecular weight is 243 g/mol. The van der Waals surface area contributed by atoms with E-state index in [2.05, 4.69) is 10.3 Å². The summed E-state index contributed by atoms with van der Waals surface area (Å²) in [5.41, 5.74) is 1.67. The number of aromatic carboxylic acids is 1. The predicted octanol–water partition coefficient (Wildman–Crippen LogP) is 1.77. The number of carboxylic acids is 1. The highest BCUT2D eigenvalue weighted by Crippen LogP contribution is 2.14. The van der Waals surface area contributed by atoms with Gasteiger partial charge >= 0.3 is 5.97 Å². The minimum absolute atomic E-state index is 0.0746. The molecule has 1 aromatic carbocycles. The first-order valence-electron chi connectivity index (χ1n) is 5.34. The third-order valence-electron chi connectivity index (χ3n) is 2.60. The number of hydrogen-bond donors (Lipinski definition) is 1. The molecule has 0 unspecified atom stereocenters. The summed E-state index contributed by atoms with van der Waals surface area (Å²) in [6.45, 7) is 0.355. The number of carboxylic acid groups (broad SMARTS) is 1. The second-order valence-corrected chi connectivity index (χ2v) is 3.81. The first-order chi connectivity index (χ1) is 8.74. The molecule has 18 heavy (non-hydrogen) atoms. The van der Waals surface area contributed by atoms with E-state index >= 15 is 0 Å². The second kappa shape index (κ2) is 3.99. The standard InChI is InChI=1S/C12H9N3O3/c16-12(17)11-6-5-8(18-11)7-15-10-4-2-1-3-9(10)13-14-15/h1-6H,7H2,(H,16,17). The van der Waals surface area contributed by atoms with Gasteiger partial charge in [-0.2, -0.15) is 0 Å². The molecule has 6 nitrogen and oxygen atoms in total. The van der Waals surface area contributed by atoms with Crippen molar-refractivity contribution in [2.75, 3.05) is 0 Å². The number of rotatable bonds is 3. The van der Waals surface area contributed by atoms with Crippen molar-refractivity contribution in [3.63, 3.8) is 0 Å². The first-order valence-corrected chi connectivity index (χ1v) is 5.34. The van der Waals surface area contributed by atoms with Crippen LogP contribution in [0, 0.1) is 0 Å². The summed E-state index contributed by atoms with van der Waals surface area (Å²) in [5.74, 6) is -0.623. The van der Waals surface area contributed by atoms with Gasteiger partial charge in [-0.25, -0.2) is 9.48 Å². The van der Waals surface area contributed by atoms with Gasteiger partial charge in [-0.05, 0) is 24.3 Å². The van der Waals surface area contributed by atoms with Crippen LogP contribution in [-0.2, 0) is 6.54 Å². The Bertz CT molecular complexity index is 714. The van der Waals surface area contributed by atoms with Gasteiger partial charge in [-0.3, -0.25) is 0 Å². The van der Waals surface area contributed by atoms with Gasteiger partial charge in [0.05, 0.1) is 5.52 Å². The van der Waals surface area contributed by atoms with Crippen molar-refractivity contribution < 1.29 is 14.3 Å². The highest BCUT2D eigenvalue weighted by Gasteiger charge is 2.11. The molecule has 0 aliphatic rings. The van der Waals surface area contributed by atoms with Crippen molar-refractivity contribution in [3.05, 3.63) is 47.9 Å². The maximum Gasteiger partial charge on any atom is 0.371 e. The molecule has 0 bridgehead atoms. The van der Waals surface area contributed by atoms with E-state index in [0.29, 0.717) is 12.3 Å². The van der Waals surface area contributed by atoms with Crippen LogP contribution in [0.2, 0.25) is 0 Å². The molecule has 0 spiro atoms. The molecule has 3 aromatic rings. The fourth-order valence-electron chi connectivity index (χ4n) is 1.76. The summed E-state index contributed by atoms with van der Waals surface area (Å²) in [6.07, 6.45) is 0. The molecular weight excluding hydrogens is 234 g/mol. The lowest BCUT2D eigenvalue weighted by Gasteiger charge is -1.98. The van der Waals surface area contributed by atoms with Crippen LogP contribution in [0.15, 0.2) is 40.8 Å². The van der Waals surface area contributed by atoms with Crippen LogP contribution in [-0.4, -0.2) is 26.1 Å². The van der Waals surface area contributed by atoms with Crippen LogP contribution in [0.25, 0.3) is 11.0 Å². The molecule has 0 fully saturated rings. The molecule has 2 heterocycles. The molecule has 0 saturated heterocycles. The van der Waals surface area contributed by atoms with Crippen LogP contribution >= 0.6 is 0 Å². The lowest BCUT2D eigenvalue weighted by Crippen LogP contribution is -2.01. The van der Waals surface area contributed by atoms with E-state index in [4.69, 9.17) is 9.52 Å². The fraction of sp³-hybridized carbons (Fsp3) is 0.0833. The van der Waals surface area contributed by atoms with E-state index < -0.39 is 5.97 Å². The molecule has 0 atom stereocenters. The Kier molecular flexibility index (Phi) is 2.33. The molecule has 90 valence electrons. The van der Waals surface area contributed by atoms with Crippen molar-refractivity contribution in [1.82, 2.24) is 15.0 Å². The Hall–Kier alpha value is -2.63. The summed E-state index contributed by atoms with van der Waals surface area (Å²) >= 11 is 0. The number of hydrogen-bond acceptors (Lipinski definition) is 4. The third-order valence-corrected chi connectivity index (χ3v) is 2.60. The van der Waals surface area contributed by atoms with Crippen LogP contribution in [0.4, 0.5) is 0 Å². The zero-order chi connectivity index (χ0) is 12.5. The van der Waals surface area contributed by atoms with Crippen molar-refractivity contribution in [2.45, 2.75) is 6.54 Å². The van der Waals surface area contributed by atoms with Crippen LogP contribution in [0.3, 0.4) is 0 Å². The summed E-state index contributed by atoms with van der Waals surface area (Å²) in [5, 5.41) is 16.8. The second-order valence-electron chi connectivity index (χ2n) is 3.81. The Morgan fingerprint density at radius 1 is 1.28 bits per heavy atom. The number of aromatic nitrogens is 3. The van der Waals surface area contributed by atoms with Crippen molar-refractivity contribution in [2.24, 2.45) is 0 Å². The summed E-state index contributed by atoms with van der Waals surface area (Å²) in [6, 6.07) is 10.6. The van der Waals surface area contributed by atoms with E-state index in [0.717, 1.165) is 11.0 Å². The van der Waals surface area contributed by atoms with Crippen molar-refractivity contribution in [3.8, 4) is 0 Å². The average Bonchev–Trinajstić information content (AvgIpc) is 2.98. The maximum absolute atomic E-state index is 10.7. The van der Waals surface area contributed by atoms with Crippen LogP contribution in [0.1, 0.15) is 16.3 Å². The van der Waals surface area contributed by atoms with Gasteiger partial charge in [-0.15, -0.1) is 5.10 Å². The van der Waals surface area contributed by atoms with Gasteiger partial charge in [0.1, 0.15) is 17.8 Å². The minimum Gasteiger partial charge on any atom is -0.475 e. The fourth-order valence-corrected chi connectivity index (χ4v) is 1.76. The van der Waals surface area contributed by atoms with Gasteiger partial charge in [0.25, 0.3) is 0 Å². The minimum atomic E-state index is -1.08. The quantitative estimate of drug-likeness (QED) is 0.758. The third kappa shape index (κ3) is 1.73. The molecule has 2 aromatic heterocycles. The van der Waals surface area contributed by atoms with Gasteiger partial charge < -0.3 is 9.52 Å². The molecule has 3 rings (SSSR count). The lowest BCUT2D eigenvalue weighted by molar-refractivity contribution is 0.0660. The normalized spacial score (nSPS) is 10.9. The summed E-state index contributed by atoms with van der Waals surface area (Å²) in [4.78, 5) is 10.7. The number of nitrogens with zero attached hydrogens (tertiary/aromatic N) is 3. The number of benzene rings is 1. The zero-order valence-electron chi connectivity index (χ0n) is 9.28. The Morgan fingerprint density at radius 3 is 2.89 bits per heavy atom. The highest BCUT2D eigenvalue weighted by molar-refractivity contribution is 5.84. The van der Waals surface area contributed by atoms with E-state index in [1.54, 1.807) is 10.7 Å². The Morgan fingerprint density at radius 2 is 2.11 bits per heavy atom. The predicted molar refractivity (Wildman–Crippen MR) is 62.3 cm³/mol. The van der Waals surface area contributed by atoms with Crippen LogP contribution < -0.4 is 0 Å². The molecule has 1 N–H and O–H groups in total. The molecule has 6 heteroatoms. The Balaban J connectivity index is 1.93. The molecule has 0 aliphatic carbocycles. The molecule has 0 radical (unpaired) electrons. The molecular formula is C12H9N3O3. The summed E-state index contributed by atoms with van der Waals surface area (Å²) in [7, 11) is 0. The smallest absolute Gasteiger partial charge is 0.371 e. The van der Waals surface area contributed by atoms with E-state index in [-0.39, 0.29) is 5.76 Å². The lowest BCUT2D eigenvalue weighted by atomic mass is 10.3. The topological polar surface area (TPSA) is 81.1 Å². The van der Waals surface area contributed by atoms with Crippen molar-refractivity contribution in [1.29, 1.82) is 0 Å². The number of furan rings is 1. The van der Waals surface area contributed by atoms with E-state index in [1.165, 1.54) is 6.07 Å². The first kappa shape index (κ1) is 10.5. The van der Waals surface area contributed by atoms with Crippen molar-refractivity contribution >= 4 is 17.0 Å². The van der Waals surface area contributed by atoms with Crippen LogP contribution in [0.5, 0.6) is 0 Å². The van der Waals surface area contributed by atoms with Gasteiger partial charge in [0, 0.05) is 0 Å². The number of fused-ring (bicyclic) bond motifs is 1.